The molecule has 0 unspecified atom stereocenters. The summed E-state index contributed by atoms with van der Waals surface area (Å²) in [5.74, 6) is 0.281. The Balaban J connectivity index is 1.62. The van der Waals surface area contributed by atoms with Crippen molar-refractivity contribution in [3.63, 3.8) is 0 Å². The zero-order valence-corrected chi connectivity index (χ0v) is 13.9. The van der Waals surface area contributed by atoms with Gasteiger partial charge in [0.25, 0.3) is 5.56 Å². The number of methoxy groups -OCH3 is 1. The molecule has 0 fully saturated rings. The van der Waals surface area contributed by atoms with Crippen molar-refractivity contribution in [1.29, 1.82) is 0 Å². The van der Waals surface area contributed by atoms with Crippen LogP contribution in [-0.4, -0.2) is 22.6 Å². The summed E-state index contributed by atoms with van der Waals surface area (Å²) in [4.78, 5) is 29.2. The molecule has 4 rings (SSSR count). The lowest BCUT2D eigenvalue weighted by Crippen LogP contribution is -2.27. The van der Waals surface area contributed by atoms with Crippen molar-refractivity contribution in [2.24, 2.45) is 0 Å². The minimum absolute atomic E-state index is 0.142. The van der Waals surface area contributed by atoms with Gasteiger partial charge in [-0.3, -0.25) is 14.2 Å². The van der Waals surface area contributed by atoms with Gasteiger partial charge in [0.05, 0.1) is 13.4 Å². The second-order valence-electron chi connectivity index (χ2n) is 5.73. The zero-order valence-electron chi connectivity index (χ0n) is 13.9. The number of furan rings is 1. The maximum atomic E-state index is 12.6. The Morgan fingerprint density at radius 2 is 2.08 bits per heavy atom. The maximum absolute atomic E-state index is 12.6. The average Bonchev–Trinajstić information content (AvgIpc) is 3.04. The fourth-order valence-electron chi connectivity index (χ4n) is 2.78. The third-order valence-electron chi connectivity index (χ3n) is 4.02. The van der Waals surface area contributed by atoms with E-state index in [1.165, 1.54) is 10.9 Å². The molecule has 4 aromatic rings. The van der Waals surface area contributed by atoms with Gasteiger partial charge < -0.3 is 14.5 Å². The summed E-state index contributed by atoms with van der Waals surface area (Å²) in [5.41, 5.74) is 1.41. The van der Waals surface area contributed by atoms with Crippen LogP contribution >= 0.6 is 0 Å². The van der Waals surface area contributed by atoms with Gasteiger partial charge >= 0.3 is 0 Å². The number of nitrogens with zero attached hydrogens (tertiary/aromatic N) is 2. The molecule has 0 radical (unpaired) electrons. The van der Waals surface area contributed by atoms with E-state index in [4.69, 9.17) is 9.15 Å². The second kappa shape index (κ2) is 6.36. The molecule has 0 saturated carbocycles. The summed E-state index contributed by atoms with van der Waals surface area (Å²) in [7, 11) is 1.55. The molecule has 0 aliphatic heterocycles. The lowest BCUT2D eigenvalue weighted by molar-refractivity contribution is -0.116. The van der Waals surface area contributed by atoms with Gasteiger partial charge in [-0.2, -0.15) is 0 Å². The van der Waals surface area contributed by atoms with Gasteiger partial charge in [0, 0.05) is 17.1 Å². The number of aromatic nitrogens is 2. The molecule has 1 amide bonds. The summed E-state index contributed by atoms with van der Waals surface area (Å²) in [6, 6.07) is 14.3. The Labute approximate surface area is 147 Å². The van der Waals surface area contributed by atoms with Crippen molar-refractivity contribution in [3.8, 4) is 5.75 Å². The van der Waals surface area contributed by atoms with Crippen molar-refractivity contribution in [2.75, 3.05) is 12.4 Å². The number of carbonyl (C=O) groups is 1. The van der Waals surface area contributed by atoms with Crippen LogP contribution in [0.4, 0.5) is 5.69 Å². The molecule has 0 saturated heterocycles. The Morgan fingerprint density at radius 3 is 2.92 bits per heavy atom. The number of rotatable bonds is 4. The van der Waals surface area contributed by atoms with Gasteiger partial charge in [-0.25, -0.2) is 4.98 Å². The SMILES string of the molecule is COc1cccc(NC(=O)Cn2cnc3c(oc4ccccc43)c2=O)c1. The number of para-hydroxylation sites is 1. The normalized spacial score (nSPS) is 11.0. The highest BCUT2D eigenvalue weighted by atomic mass is 16.5. The molecular weight excluding hydrogens is 334 g/mol. The summed E-state index contributed by atoms with van der Waals surface area (Å²) in [5, 5.41) is 3.50. The molecule has 130 valence electrons. The standard InChI is InChI=1S/C19H15N3O4/c1-25-13-6-4-5-12(9-13)21-16(23)10-22-11-20-17-14-7-2-3-8-15(14)26-18(17)19(22)24/h2-9,11H,10H2,1H3,(H,21,23). The van der Waals surface area contributed by atoms with E-state index in [1.807, 2.05) is 18.2 Å². The Kier molecular flexibility index (Phi) is 3.89. The smallest absolute Gasteiger partial charge is 0.297 e. The topological polar surface area (TPSA) is 86.4 Å². The molecule has 2 aromatic heterocycles. The summed E-state index contributed by atoms with van der Waals surface area (Å²) in [6.45, 7) is -0.171. The van der Waals surface area contributed by atoms with Crippen LogP contribution in [0.1, 0.15) is 0 Å². The number of amides is 1. The molecular formula is C19H15N3O4. The maximum Gasteiger partial charge on any atom is 0.297 e. The van der Waals surface area contributed by atoms with Crippen molar-refractivity contribution in [1.82, 2.24) is 9.55 Å². The molecule has 26 heavy (non-hydrogen) atoms. The fourth-order valence-corrected chi connectivity index (χ4v) is 2.78. The molecule has 0 atom stereocenters. The highest BCUT2D eigenvalue weighted by molar-refractivity contribution is 6.01. The van der Waals surface area contributed by atoms with Crippen LogP contribution in [0.25, 0.3) is 22.1 Å². The number of anilines is 1. The highest BCUT2D eigenvalue weighted by Gasteiger charge is 2.14. The number of fused-ring (bicyclic) bond motifs is 3. The van der Waals surface area contributed by atoms with E-state index in [1.54, 1.807) is 37.4 Å². The summed E-state index contributed by atoms with van der Waals surface area (Å²) in [6.07, 6.45) is 1.36. The number of hydrogen-bond acceptors (Lipinski definition) is 5. The number of benzene rings is 2. The van der Waals surface area contributed by atoms with Crippen LogP contribution in [0.2, 0.25) is 0 Å². The molecule has 2 aromatic carbocycles. The van der Waals surface area contributed by atoms with Gasteiger partial charge in [0.2, 0.25) is 11.5 Å². The molecule has 0 bridgehead atoms. The van der Waals surface area contributed by atoms with E-state index < -0.39 is 5.56 Å². The van der Waals surface area contributed by atoms with Crippen LogP contribution in [0.3, 0.4) is 0 Å². The lowest BCUT2D eigenvalue weighted by atomic mass is 10.2. The van der Waals surface area contributed by atoms with Crippen LogP contribution in [-0.2, 0) is 11.3 Å². The highest BCUT2D eigenvalue weighted by Crippen LogP contribution is 2.24. The van der Waals surface area contributed by atoms with Gasteiger partial charge in [0.15, 0.2) is 0 Å². The number of ether oxygens (including phenoxy) is 1. The van der Waals surface area contributed by atoms with E-state index in [2.05, 4.69) is 10.3 Å². The third-order valence-corrected chi connectivity index (χ3v) is 4.02. The minimum Gasteiger partial charge on any atom is -0.497 e. The van der Waals surface area contributed by atoms with Crippen LogP contribution in [0.15, 0.2) is 64.1 Å². The second-order valence-corrected chi connectivity index (χ2v) is 5.73. The summed E-state index contributed by atoms with van der Waals surface area (Å²) < 4.78 is 12.0. The van der Waals surface area contributed by atoms with E-state index in [9.17, 15) is 9.59 Å². The lowest BCUT2D eigenvalue weighted by Gasteiger charge is -2.08. The first-order valence-electron chi connectivity index (χ1n) is 7.96. The van der Waals surface area contributed by atoms with Gasteiger partial charge in [-0.1, -0.05) is 18.2 Å². The first-order chi connectivity index (χ1) is 12.7. The Morgan fingerprint density at radius 1 is 1.23 bits per heavy atom. The number of carbonyl (C=O) groups excluding carboxylic acids is 1. The third kappa shape index (κ3) is 2.79. The number of nitrogens with one attached hydrogen (secondary N) is 1. The van der Waals surface area contributed by atoms with Gasteiger partial charge in [0.1, 0.15) is 23.4 Å². The molecule has 7 heteroatoms. The Bertz CT molecular complexity index is 1180. The van der Waals surface area contributed by atoms with Crippen LogP contribution in [0, 0.1) is 0 Å². The molecule has 0 aliphatic rings. The first kappa shape index (κ1) is 15.9. The zero-order chi connectivity index (χ0) is 18.1. The molecule has 0 spiro atoms. The Hall–Kier alpha value is -3.61. The van der Waals surface area contributed by atoms with E-state index in [0.717, 1.165) is 5.39 Å². The van der Waals surface area contributed by atoms with Crippen LogP contribution < -0.4 is 15.6 Å². The van der Waals surface area contributed by atoms with Gasteiger partial charge in [-0.05, 0) is 24.3 Å². The predicted molar refractivity (Wildman–Crippen MR) is 97.4 cm³/mol. The van der Waals surface area contributed by atoms with E-state index in [0.29, 0.717) is 22.5 Å². The monoisotopic (exact) mass is 349 g/mol. The molecule has 1 N–H and O–H groups in total. The van der Waals surface area contributed by atoms with Crippen LogP contribution in [0.5, 0.6) is 5.75 Å². The van der Waals surface area contributed by atoms with Crippen molar-refractivity contribution >= 4 is 33.7 Å². The van der Waals surface area contributed by atoms with Crippen molar-refractivity contribution < 1.29 is 13.9 Å². The fraction of sp³-hybridized carbons (Fsp3) is 0.105. The molecule has 7 nitrogen and oxygen atoms in total. The van der Waals surface area contributed by atoms with E-state index in [-0.39, 0.29) is 18.0 Å². The average molecular weight is 349 g/mol. The molecule has 2 heterocycles. The summed E-state index contributed by atoms with van der Waals surface area (Å²) >= 11 is 0. The quantitative estimate of drug-likeness (QED) is 0.612. The van der Waals surface area contributed by atoms with Gasteiger partial charge in [-0.15, -0.1) is 0 Å². The first-order valence-corrected chi connectivity index (χ1v) is 7.96. The minimum atomic E-state index is -0.396. The molecule has 0 aliphatic carbocycles. The number of hydrogen-bond donors (Lipinski definition) is 1. The predicted octanol–water partition coefficient (Wildman–Crippen LogP) is 2.79. The van der Waals surface area contributed by atoms with E-state index >= 15 is 0 Å². The van der Waals surface area contributed by atoms with Crippen molar-refractivity contribution in [2.45, 2.75) is 6.54 Å². The largest absolute Gasteiger partial charge is 0.497 e. The van der Waals surface area contributed by atoms with Crippen molar-refractivity contribution in [3.05, 3.63) is 65.2 Å².